The number of alkyl halides is 6. The number of nitrogens with two attached hydrogens (primary N) is 1. The third-order valence-corrected chi connectivity index (χ3v) is 6.33. The lowest BCUT2D eigenvalue weighted by Gasteiger charge is -2.33. The summed E-state index contributed by atoms with van der Waals surface area (Å²) in [5.41, 5.74) is 5.27. The van der Waals surface area contributed by atoms with Crippen molar-refractivity contribution in [2.75, 3.05) is 17.2 Å². The molecule has 5 rings (SSSR count). The lowest BCUT2D eigenvalue weighted by Crippen LogP contribution is -2.44. The quantitative estimate of drug-likeness (QED) is 0.303. The second-order valence-corrected chi connectivity index (χ2v) is 9.09. The first-order valence-electron chi connectivity index (χ1n) is 11.9. The van der Waals surface area contributed by atoms with Crippen LogP contribution in [0.3, 0.4) is 0 Å². The van der Waals surface area contributed by atoms with E-state index in [0.29, 0.717) is 54.5 Å². The third-order valence-electron chi connectivity index (χ3n) is 6.33. The van der Waals surface area contributed by atoms with Gasteiger partial charge < -0.3 is 15.6 Å². The Morgan fingerprint density at radius 3 is 2.32 bits per heavy atom. The molecule has 0 unspecified atom stereocenters. The Hall–Kier alpha value is -4.64. The molecular weight excluding hydrogens is 568 g/mol. The maximum absolute atomic E-state index is 13.0. The van der Waals surface area contributed by atoms with Gasteiger partial charge in [0.05, 0.1) is 35.1 Å². The number of imide groups is 1. The van der Waals surface area contributed by atoms with Crippen molar-refractivity contribution in [1.29, 1.82) is 0 Å². The number of halogens is 6. The number of aromatic nitrogens is 4. The molecule has 18 heteroatoms. The lowest BCUT2D eigenvalue weighted by molar-refractivity contribution is -0.192. The number of fused-ring (bicyclic) bond motifs is 1. The van der Waals surface area contributed by atoms with Crippen LogP contribution in [0.4, 0.5) is 42.6 Å². The molecule has 1 saturated carbocycles. The molecule has 12 nitrogen and oxygen atoms in total. The van der Waals surface area contributed by atoms with E-state index < -0.39 is 35.8 Å². The summed E-state index contributed by atoms with van der Waals surface area (Å²) in [5.74, 6) is -2.27. The minimum absolute atomic E-state index is 0.0610. The molecule has 220 valence electrons. The van der Waals surface area contributed by atoms with E-state index in [4.69, 9.17) is 20.4 Å². The van der Waals surface area contributed by atoms with Gasteiger partial charge in [0.15, 0.2) is 5.65 Å². The van der Waals surface area contributed by atoms with Crippen LogP contribution < -0.4 is 15.4 Å². The number of carboxylic acid groups (broad SMARTS) is 1. The van der Waals surface area contributed by atoms with Crippen LogP contribution in [-0.2, 0) is 15.8 Å². The van der Waals surface area contributed by atoms with Crippen molar-refractivity contribution in [3.05, 3.63) is 36.3 Å². The number of H-pyrrole nitrogens is 1. The number of urea groups is 1. The zero-order chi connectivity index (χ0) is 30.1. The number of aliphatic carboxylic acids is 1. The van der Waals surface area contributed by atoms with Gasteiger partial charge in [0.1, 0.15) is 18.1 Å². The smallest absolute Gasteiger partial charge is 0.489 e. The Kier molecular flexibility index (Phi) is 7.94. The number of carbonyl (C=O) groups excluding carboxylic acids is 2. The van der Waals surface area contributed by atoms with E-state index in [0.717, 1.165) is 22.1 Å². The zero-order valence-electron chi connectivity index (χ0n) is 20.7. The van der Waals surface area contributed by atoms with Crippen molar-refractivity contribution < 1.29 is 50.6 Å². The highest BCUT2D eigenvalue weighted by Gasteiger charge is 2.43. The monoisotopic (exact) mass is 589 g/mol. The highest BCUT2D eigenvalue weighted by Crippen LogP contribution is 2.34. The van der Waals surface area contributed by atoms with E-state index in [9.17, 15) is 35.9 Å². The molecule has 3 aromatic rings. The van der Waals surface area contributed by atoms with Gasteiger partial charge in [-0.2, -0.15) is 31.4 Å². The molecule has 1 aliphatic carbocycles. The van der Waals surface area contributed by atoms with Gasteiger partial charge in [0.25, 0.3) is 5.91 Å². The van der Waals surface area contributed by atoms with Gasteiger partial charge in [-0.25, -0.2) is 14.6 Å². The maximum atomic E-state index is 13.0. The van der Waals surface area contributed by atoms with E-state index in [1.165, 1.54) is 0 Å². The number of carboxylic acids is 1. The minimum Gasteiger partial charge on any atom is -0.489 e. The van der Waals surface area contributed by atoms with Crippen molar-refractivity contribution in [2.45, 2.75) is 50.2 Å². The highest BCUT2D eigenvalue weighted by atomic mass is 19.4. The number of rotatable bonds is 4. The van der Waals surface area contributed by atoms with Crippen molar-refractivity contribution >= 4 is 40.4 Å². The summed E-state index contributed by atoms with van der Waals surface area (Å²) in [6.45, 7) is -0.323. The number of nitrogens with one attached hydrogen (secondary N) is 1. The number of nitrogens with zero attached hydrogens (tertiary/aromatic N) is 5. The third kappa shape index (κ3) is 6.58. The fourth-order valence-corrected chi connectivity index (χ4v) is 4.39. The molecule has 0 radical (unpaired) electrons. The van der Waals surface area contributed by atoms with Gasteiger partial charge in [-0.05, 0) is 37.8 Å². The van der Waals surface area contributed by atoms with Crippen molar-refractivity contribution in [1.82, 2.24) is 25.1 Å². The lowest BCUT2D eigenvalue weighted by atomic mass is 9.92. The highest BCUT2D eigenvalue weighted by molar-refractivity contribution is 6.12. The number of anilines is 2. The van der Waals surface area contributed by atoms with E-state index in [1.54, 1.807) is 12.3 Å². The Morgan fingerprint density at radius 1 is 1.05 bits per heavy atom. The van der Waals surface area contributed by atoms with Crippen LogP contribution in [0.2, 0.25) is 0 Å². The van der Waals surface area contributed by atoms with Gasteiger partial charge in [-0.1, -0.05) is 0 Å². The van der Waals surface area contributed by atoms with Gasteiger partial charge >= 0.3 is 24.4 Å². The fraction of sp³-hybridized carbons (Fsp3) is 0.391. The molecule has 41 heavy (non-hydrogen) atoms. The number of aromatic amines is 1. The molecule has 0 bridgehead atoms. The van der Waals surface area contributed by atoms with Crippen LogP contribution in [0.1, 0.15) is 31.2 Å². The van der Waals surface area contributed by atoms with Gasteiger partial charge in [0.2, 0.25) is 0 Å². The molecule has 0 atom stereocenters. The van der Waals surface area contributed by atoms with E-state index in [1.807, 2.05) is 0 Å². The standard InChI is InChI=1S/C21H20F3N7O3.C2HF3O2/c22-21(23,24)11-5-13(8-26-7-11)30-10-17(32)31(20(30)33)12-1-3-14(4-2-12)34-15-6-16-18(25)28-29-19(16)27-9-15;3-2(4,5)1(6)7/h5-9,12,14H,1-4,10H2,(H3,25,27,28,29);(H,6,7). The Labute approximate surface area is 226 Å². The van der Waals surface area contributed by atoms with Crippen LogP contribution in [0.25, 0.3) is 11.0 Å². The van der Waals surface area contributed by atoms with E-state index in [2.05, 4.69) is 20.2 Å². The summed E-state index contributed by atoms with van der Waals surface area (Å²) in [6.07, 6.45) is -4.23. The summed E-state index contributed by atoms with van der Waals surface area (Å²) in [4.78, 5) is 44.4. The molecule has 0 spiro atoms. The second-order valence-electron chi connectivity index (χ2n) is 9.09. The van der Waals surface area contributed by atoms with Crippen molar-refractivity contribution in [2.24, 2.45) is 0 Å². The summed E-state index contributed by atoms with van der Waals surface area (Å²) in [5, 5.41) is 14.4. The van der Waals surface area contributed by atoms with Gasteiger partial charge in [0, 0.05) is 12.2 Å². The number of hydrogen-bond acceptors (Lipinski definition) is 8. The predicted octanol–water partition coefficient (Wildman–Crippen LogP) is 3.75. The first-order chi connectivity index (χ1) is 19.1. The van der Waals surface area contributed by atoms with Gasteiger partial charge in [-0.15, -0.1) is 0 Å². The number of carbonyl (C=O) groups is 3. The molecule has 0 aromatic carbocycles. The molecule has 2 aliphatic rings. The van der Waals surface area contributed by atoms with E-state index in [-0.39, 0.29) is 24.4 Å². The molecule has 2 fully saturated rings. The van der Waals surface area contributed by atoms with E-state index >= 15 is 0 Å². The topological polar surface area (TPSA) is 168 Å². The number of ether oxygens (including phenoxy) is 1. The van der Waals surface area contributed by atoms with Crippen LogP contribution in [-0.4, -0.2) is 72.9 Å². The molecule has 3 aromatic heterocycles. The first-order valence-corrected chi connectivity index (χ1v) is 11.9. The number of pyridine rings is 2. The van der Waals surface area contributed by atoms with Crippen LogP contribution in [0.15, 0.2) is 30.7 Å². The maximum Gasteiger partial charge on any atom is 0.490 e. The average Bonchev–Trinajstić information content (AvgIpc) is 3.42. The molecule has 1 saturated heterocycles. The second kappa shape index (κ2) is 11.1. The van der Waals surface area contributed by atoms with Crippen LogP contribution in [0.5, 0.6) is 5.75 Å². The van der Waals surface area contributed by atoms with Crippen LogP contribution in [0, 0.1) is 0 Å². The molecule has 4 N–H and O–H groups in total. The number of amides is 3. The Morgan fingerprint density at radius 2 is 1.71 bits per heavy atom. The van der Waals surface area contributed by atoms with Crippen molar-refractivity contribution in [3.63, 3.8) is 0 Å². The Balaban J connectivity index is 0.000000493. The predicted molar refractivity (Wildman–Crippen MR) is 127 cm³/mol. The number of nitrogen functional groups attached to an aromatic ring is 1. The average molecular weight is 589 g/mol. The summed E-state index contributed by atoms with van der Waals surface area (Å²) < 4.78 is 76.8. The van der Waals surface area contributed by atoms with Gasteiger partial charge in [-0.3, -0.25) is 24.7 Å². The zero-order valence-corrected chi connectivity index (χ0v) is 20.7. The minimum atomic E-state index is -5.08. The first kappa shape index (κ1) is 29.3. The largest absolute Gasteiger partial charge is 0.490 e. The summed E-state index contributed by atoms with van der Waals surface area (Å²) in [6, 6.07) is 1.58. The fourth-order valence-electron chi connectivity index (χ4n) is 4.39. The normalized spacial score (nSPS) is 19.8. The molecule has 4 heterocycles. The summed E-state index contributed by atoms with van der Waals surface area (Å²) >= 11 is 0. The number of hydrogen-bond donors (Lipinski definition) is 3. The molecule has 1 aliphatic heterocycles. The molecule has 3 amide bonds. The van der Waals surface area contributed by atoms with Crippen molar-refractivity contribution in [3.8, 4) is 5.75 Å². The molecular formula is C23H21F6N7O5. The van der Waals surface area contributed by atoms with Crippen LogP contribution >= 0.6 is 0 Å². The SMILES string of the molecule is Nc1[nH]nc2ncc(OC3CCC(N4C(=O)CN(c5cncc(C(F)(F)F)c5)C4=O)CC3)cc12.O=C(O)C(F)(F)F. The Bertz CT molecular complexity index is 1450. The summed E-state index contributed by atoms with van der Waals surface area (Å²) in [7, 11) is 0.